The maximum absolute atomic E-state index is 13.1. The van der Waals surface area contributed by atoms with Gasteiger partial charge < -0.3 is 35.4 Å². The fourth-order valence-electron chi connectivity index (χ4n) is 4.73. The monoisotopic (exact) mass is 474 g/mol. The first-order chi connectivity index (χ1) is 15.3. The molecule has 1 amide bonds. The Morgan fingerprint density at radius 3 is 2.56 bits per heavy atom. The van der Waals surface area contributed by atoms with E-state index in [2.05, 4.69) is 10.6 Å². The molecule has 1 saturated carbocycles. The van der Waals surface area contributed by atoms with Gasteiger partial charge in [-0.1, -0.05) is 13.8 Å². The Balaban J connectivity index is 1.50. The number of aliphatic hydroxyl groups excluding tert-OH is 3. The van der Waals surface area contributed by atoms with Crippen molar-refractivity contribution < 1.29 is 29.6 Å². The van der Waals surface area contributed by atoms with Gasteiger partial charge in [-0.25, -0.2) is 0 Å². The molecule has 2 heterocycles. The van der Waals surface area contributed by atoms with Crippen LogP contribution < -0.4 is 10.6 Å². The maximum atomic E-state index is 13.1. The molecule has 0 aromatic heterocycles. The molecule has 32 heavy (non-hydrogen) atoms. The van der Waals surface area contributed by atoms with Crippen molar-refractivity contribution >= 4 is 17.7 Å². The van der Waals surface area contributed by atoms with E-state index < -0.39 is 35.9 Å². The summed E-state index contributed by atoms with van der Waals surface area (Å²) in [7, 11) is 0. The minimum Gasteiger partial charge on any atom is -0.388 e. The second-order valence-corrected chi connectivity index (χ2v) is 10.9. The van der Waals surface area contributed by atoms with Gasteiger partial charge in [-0.2, -0.15) is 0 Å². The average Bonchev–Trinajstić information content (AvgIpc) is 3.60. The molecule has 8 atom stereocenters. The minimum absolute atomic E-state index is 0.0217. The Labute approximate surface area is 196 Å². The molecule has 3 fully saturated rings. The van der Waals surface area contributed by atoms with E-state index in [1.807, 2.05) is 13.8 Å². The third-order valence-corrected chi connectivity index (χ3v) is 7.85. The molecular formula is C23H42N2O6S. The molecule has 2 aliphatic heterocycles. The van der Waals surface area contributed by atoms with Crippen LogP contribution in [0.1, 0.15) is 52.4 Å². The molecule has 8 unspecified atom stereocenters. The highest BCUT2D eigenvalue weighted by atomic mass is 32.2. The highest BCUT2D eigenvalue weighted by Gasteiger charge is 2.47. The van der Waals surface area contributed by atoms with Crippen LogP contribution in [0.2, 0.25) is 0 Å². The Kier molecular flexibility index (Phi) is 10.1. The van der Waals surface area contributed by atoms with Gasteiger partial charge in [0.1, 0.15) is 29.9 Å². The van der Waals surface area contributed by atoms with Gasteiger partial charge in [0.15, 0.2) is 0 Å². The van der Waals surface area contributed by atoms with E-state index in [9.17, 15) is 20.1 Å². The normalized spacial score (nSPS) is 36.8. The number of rotatable bonds is 11. The van der Waals surface area contributed by atoms with E-state index in [-0.39, 0.29) is 17.9 Å². The number of carbonyl (C=O) groups is 1. The molecule has 2 saturated heterocycles. The average molecular weight is 475 g/mol. The lowest BCUT2D eigenvalue weighted by molar-refractivity contribution is -0.208. The number of amides is 1. The van der Waals surface area contributed by atoms with Crippen molar-refractivity contribution in [1.29, 1.82) is 0 Å². The quantitative estimate of drug-likeness (QED) is 0.280. The molecular weight excluding hydrogens is 432 g/mol. The van der Waals surface area contributed by atoms with Crippen molar-refractivity contribution in [3.8, 4) is 0 Å². The summed E-state index contributed by atoms with van der Waals surface area (Å²) in [4.78, 5) is 13.1. The Morgan fingerprint density at radius 1 is 1.16 bits per heavy atom. The summed E-state index contributed by atoms with van der Waals surface area (Å²) in [5.74, 6) is 1.16. The molecule has 0 spiro atoms. The van der Waals surface area contributed by atoms with E-state index in [4.69, 9.17) is 9.47 Å². The van der Waals surface area contributed by atoms with Gasteiger partial charge in [0, 0.05) is 13.2 Å². The summed E-state index contributed by atoms with van der Waals surface area (Å²) in [6.07, 6.45) is 3.77. The molecule has 0 aromatic rings. The lowest BCUT2D eigenvalue weighted by Gasteiger charge is -2.44. The van der Waals surface area contributed by atoms with Crippen LogP contribution in [-0.2, 0) is 14.3 Å². The first-order valence-corrected chi connectivity index (χ1v) is 13.4. The number of piperidine rings is 1. The second kappa shape index (κ2) is 12.3. The summed E-state index contributed by atoms with van der Waals surface area (Å²) in [6, 6.07) is -0.762. The van der Waals surface area contributed by atoms with Gasteiger partial charge in [0.25, 0.3) is 0 Å². The lowest BCUT2D eigenvalue weighted by atomic mass is 9.86. The van der Waals surface area contributed by atoms with Crippen LogP contribution in [0.15, 0.2) is 0 Å². The van der Waals surface area contributed by atoms with Crippen molar-refractivity contribution in [2.45, 2.75) is 94.3 Å². The van der Waals surface area contributed by atoms with Crippen LogP contribution in [-0.4, -0.2) is 89.2 Å². The fraction of sp³-hybridized carbons (Fsp3) is 0.957. The smallest absolute Gasteiger partial charge is 0.237 e. The summed E-state index contributed by atoms with van der Waals surface area (Å²) in [5.41, 5.74) is -0.657. The molecule has 3 aliphatic rings. The molecule has 5 N–H and O–H groups in total. The van der Waals surface area contributed by atoms with Gasteiger partial charge in [-0.3, -0.25) is 4.79 Å². The van der Waals surface area contributed by atoms with Gasteiger partial charge in [-0.15, -0.1) is 11.8 Å². The van der Waals surface area contributed by atoms with E-state index in [0.29, 0.717) is 5.92 Å². The summed E-state index contributed by atoms with van der Waals surface area (Å²) in [5, 5.41) is 37.4. The van der Waals surface area contributed by atoms with Crippen LogP contribution in [0, 0.1) is 17.8 Å². The third kappa shape index (κ3) is 7.04. The molecule has 1 aliphatic carbocycles. The van der Waals surface area contributed by atoms with E-state index in [0.717, 1.165) is 51.4 Å². The molecule has 0 aromatic carbocycles. The van der Waals surface area contributed by atoms with Gasteiger partial charge in [-0.05, 0) is 69.1 Å². The number of aliphatic hydroxyl groups is 3. The molecule has 186 valence electrons. The minimum atomic E-state index is -1.32. The second-order valence-electron chi connectivity index (χ2n) is 10.0. The van der Waals surface area contributed by atoms with Crippen molar-refractivity contribution in [3.05, 3.63) is 0 Å². The van der Waals surface area contributed by atoms with Gasteiger partial charge >= 0.3 is 0 Å². The molecule has 0 bridgehead atoms. The van der Waals surface area contributed by atoms with E-state index in [1.54, 1.807) is 6.26 Å². The largest absolute Gasteiger partial charge is 0.388 e. The number of ether oxygens (including phenoxy) is 2. The van der Waals surface area contributed by atoms with Crippen LogP contribution in [0.25, 0.3) is 0 Å². The SMILES string of the molecule is CSC1OC(C(NC(=O)C2CC(CCCOCC3CC3)CCN2)C(C)C)C(O)C(O)C1O. The topological polar surface area (TPSA) is 120 Å². The highest BCUT2D eigenvalue weighted by molar-refractivity contribution is 7.99. The molecule has 8 nitrogen and oxygen atoms in total. The molecule has 9 heteroatoms. The lowest BCUT2D eigenvalue weighted by Crippen LogP contribution is -2.65. The van der Waals surface area contributed by atoms with Crippen LogP contribution in [0.4, 0.5) is 0 Å². The number of thioether (sulfide) groups is 1. The van der Waals surface area contributed by atoms with Gasteiger partial charge in [0.2, 0.25) is 5.91 Å². The van der Waals surface area contributed by atoms with E-state index in [1.165, 1.54) is 24.6 Å². The zero-order valence-electron chi connectivity index (χ0n) is 19.6. The standard InChI is InChI=1S/C23H42N2O6S/c1-13(2)17(21-19(27)18(26)20(28)23(31-21)32-3)25-22(29)16-11-14(8-9-24-16)5-4-10-30-12-15-6-7-15/h13-21,23-24,26-28H,4-12H2,1-3H3,(H,25,29). The highest BCUT2D eigenvalue weighted by Crippen LogP contribution is 2.31. The zero-order valence-corrected chi connectivity index (χ0v) is 20.4. The van der Waals surface area contributed by atoms with Crippen LogP contribution in [0.3, 0.4) is 0 Å². The number of nitrogens with one attached hydrogen (secondary N) is 2. The summed E-state index contributed by atoms with van der Waals surface area (Å²) >= 11 is 1.28. The first-order valence-electron chi connectivity index (χ1n) is 12.2. The Morgan fingerprint density at radius 2 is 1.91 bits per heavy atom. The maximum Gasteiger partial charge on any atom is 0.237 e. The molecule has 3 rings (SSSR count). The van der Waals surface area contributed by atoms with Gasteiger partial charge in [0.05, 0.1) is 12.1 Å². The number of hydrogen-bond donors (Lipinski definition) is 5. The van der Waals surface area contributed by atoms with Crippen LogP contribution >= 0.6 is 11.8 Å². The van der Waals surface area contributed by atoms with Crippen molar-refractivity contribution in [1.82, 2.24) is 10.6 Å². The van der Waals surface area contributed by atoms with Crippen molar-refractivity contribution in [3.63, 3.8) is 0 Å². The predicted molar refractivity (Wildman–Crippen MR) is 124 cm³/mol. The van der Waals surface area contributed by atoms with Crippen LogP contribution in [0.5, 0.6) is 0 Å². The van der Waals surface area contributed by atoms with Crippen molar-refractivity contribution in [2.75, 3.05) is 26.0 Å². The zero-order chi connectivity index (χ0) is 23.3. The first kappa shape index (κ1) is 26.2. The number of hydrogen-bond acceptors (Lipinski definition) is 8. The molecule has 0 radical (unpaired) electrons. The van der Waals surface area contributed by atoms with Crippen molar-refractivity contribution in [2.24, 2.45) is 17.8 Å². The summed E-state index contributed by atoms with van der Waals surface area (Å²) in [6.45, 7) is 6.40. The number of carbonyl (C=O) groups excluding carboxylic acids is 1. The Bertz CT molecular complexity index is 591. The predicted octanol–water partition coefficient (Wildman–Crippen LogP) is 0.873. The summed E-state index contributed by atoms with van der Waals surface area (Å²) < 4.78 is 11.7. The third-order valence-electron chi connectivity index (χ3n) is 7.00. The van der Waals surface area contributed by atoms with E-state index >= 15 is 0 Å². The Hall–Kier alpha value is -0.420. The fourth-order valence-corrected chi connectivity index (χ4v) is 5.40.